The highest BCUT2D eigenvalue weighted by molar-refractivity contribution is 5.94. The third-order valence-electron chi connectivity index (χ3n) is 1.90. The van der Waals surface area contributed by atoms with Crippen LogP contribution in [0.1, 0.15) is 61.8 Å². The number of ether oxygens (including phenoxy) is 1. The molecule has 0 fully saturated rings. The van der Waals surface area contributed by atoms with Crippen LogP contribution in [-0.4, -0.2) is 37.5 Å². The summed E-state index contributed by atoms with van der Waals surface area (Å²) in [6.45, 7) is 16.0. The molecule has 3 amide bonds. The van der Waals surface area contributed by atoms with E-state index in [1.807, 2.05) is 53.8 Å². The van der Waals surface area contributed by atoms with Gasteiger partial charge in [0.25, 0.3) is 0 Å². The first-order valence-electron chi connectivity index (χ1n) is 8.29. The van der Waals surface area contributed by atoms with Crippen molar-refractivity contribution in [3.63, 3.8) is 0 Å². The molecule has 7 heteroatoms. The van der Waals surface area contributed by atoms with Gasteiger partial charge in [-0.25, -0.2) is 5.43 Å². The molecule has 0 rings (SSSR count). The standard InChI is InChI=1S/C8H18N2O2.C5H7NO2.2C2H6/c1-5-12-8(2,3)6-7(11)10-9-4;1-2-3-5(8)6-4-7;2*1-2/h9H,5-6H2,1-4H3,(H,10,11);2-4H,1H3,(H,6,7,8);2*1-2H3/b;3-2-;;. The Morgan fingerprint density at radius 3 is 1.96 bits per heavy atom. The van der Waals surface area contributed by atoms with Crippen molar-refractivity contribution in [2.45, 2.75) is 67.4 Å². The minimum atomic E-state index is -0.387. The van der Waals surface area contributed by atoms with Gasteiger partial charge >= 0.3 is 0 Å². The van der Waals surface area contributed by atoms with Crippen LogP contribution >= 0.6 is 0 Å². The van der Waals surface area contributed by atoms with Gasteiger partial charge in [0.2, 0.25) is 18.2 Å². The van der Waals surface area contributed by atoms with Crippen LogP contribution in [0.2, 0.25) is 0 Å². The molecule has 0 aliphatic heterocycles. The molecule has 0 spiro atoms. The summed E-state index contributed by atoms with van der Waals surface area (Å²) < 4.78 is 5.36. The fourth-order valence-electron chi connectivity index (χ4n) is 1.27. The summed E-state index contributed by atoms with van der Waals surface area (Å²) in [7, 11) is 1.66. The predicted molar refractivity (Wildman–Crippen MR) is 99.2 cm³/mol. The molecule has 0 bridgehead atoms. The summed E-state index contributed by atoms with van der Waals surface area (Å²) in [5.74, 6) is -0.446. The average Bonchev–Trinajstić information content (AvgIpc) is 2.52. The van der Waals surface area contributed by atoms with E-state index >= 15 is 0 Å². The van der Waals surface area contributed by atoms with Crippen molar-refractivity contribution in [1.29, 1.82) is 0 Å². The quantitative estimate of drug-likeness (QED) is 0.373. The maximum Gasteiger partial charge on any atom is 0.249 e. The Morgan fingerprint density at radius 2 is 1.62 bits per heavy atom. The van der Waals surface area contributed by atoms with Gasteiger partial charge in [0.15, 0.2) is 0 Å². The first-order valence-corrected chi connectivity index (χ1v) is 8.29. The van der Waals surface area contributed by atoms with E-state index in [2.05, 4.69) is 10.9 Å². The molecule has 0 atom stereocenters. The van der Waals surface area contributed by atoms with Gasteiger partial charge in [0.05, 0.1) is 12.0 Å². The van der Waals surface area contributed by atoms with Gasteiger partial charge in [-0.1, -0.05) is 33.8 Å². The Bertz CT molecular complexity index is 330. The van der Waals surface area contributed by atoms with E-state index in [1.165, 1.54) is 6.08 Å². The van der Waals surface area contributed by atoms with Crippen LogP contribution in [-0.2, 0) is 19.1 Å². The number of hydrazine groups is 1. The highest BCUT2D eigenvalue weighted by Gasteiger charge is 2.21. The SMILES string of the molecule is C/C=C\C(=O)NC=O.CC.CC.CCOC(C)(C)CC(=O)NNC. The number of allylic oxidation sites excluding steroid dienone is 1. The van der Waals surface area contributed by atoms with Crippen molar-refractivity contribution in [1.82, 2.24) is 16.2 Å². The molecule has 0 aliphatic carbocycles. The van der Waals surface area contributed by atoms with Gasteiger partial charge < -0.3 is 4.74 Å². The molecule has 0 radical (unpaired) electrons. The molecule has 0 aromatic carbocycles. The Kier molecular flexibility index (Phi) is 29.6. The topological polar surface area (TPSA) is 96.5 Å². The van der Waals surface area contributed by atoms with E-state index < -0.39 is 0 Å². The molecule has 0 saturated heterocycles. The fraction of sp³-hybridized carbons (Fsp3) is 0.706. The average molecular weight is 348 g/mol. The predicted octanol–water partition coefficient (Wildman–Crippen LogP) is 2.33. The lowest BCUT2D eigenvalue weighted by Gasteiger charge is -2.23. The monoisotopic (exact) mass is 347 g/mol. The van der Waals surface area contributed by atoms with Crippen LogP contribution < -0.4 is 16.2 Å². The molecule has 0 saturated carbocycles. The van der Waals surface area contributed by atoms with Crippen LogP contribution in [0.25, 0.3) is 0 Å². The summed E-state index contributed by atoms with van der Waals surface area (Å²) in [6, 6.07) is 0. The van der Waals surface area contributed by atoms with Crippen LogP contribution in [0.3, 0.4) is 0 Å². The van der Waals surface area contributed by atoms with Gasteiger partial charge in [-0.15, -0.1) is 0 Å². The van der Waals surface area contributed by atoms with Gasteiger partial charge in [0.1, 0.15) is 0 Å². The first-order chi connectivity index (χ1) is 11.3. The summed E-state index contributed by atoms with van der Waals surface area (Å²) in [6.07, 6.45) is 3.54. The molecule has 7 nitrogen and oxygen atoms in total. The lowest BCUT2D eigenvalue weighted by molar-refractivity contribution is -0.128. The van der Waals surface area contributed by atoms with Crippen molar-refractivity contribution in [3.8, 4) is 0 Å². The van der Waals surface area contributed by atoms with Gasteiger partial charge in [-0.2, -0.15) is 0 Å². The Labute approximate surface area is 147 Å². The molecule has 0 aromatic heterocycles. The van der Waals surface area contributed by atoms with Crippen molar-refractivity contribution < 1.29 is 19.1 Å². The van der Waals surface area contributed by atoms with Gasteiger partial charge in [-0.3, -0.25) is 25.1 Å². The van der Waals surface area contributed by atoms with E-state index in [4.69, 9.17) is 4.74 Å². The maximum atomic E-state index is 11.1. The molecule has 3 N–H and O–H groups in total. The van der Waals surface area contributed by atoms with Crippen LogP contribution in [0.15, 0.2) is 12.2 Å². The molecule has 0 aliphatic rings. The normalized spacial score (nSPS) is 9.21. The number of hydrogen-bond acceptors (Lipinski definition) is 5. The number of nitrogens with one attached hydrogen (secondary N) is 3. The van der Waals surface area contributed by atoms with Crippen molar-refractivity contribution in [3.05, 3.63) is 12.2 Å². The number of hydrogen-bond donors (Lipinski definition) is 3. The highest BCUT2D eigenvalue weighted by Crippen LogP contribution is 2.13. The number of carbonyl (C=O) groups is 3. The third-order valence-corrected chi connectivity index (χ3v) is 1.90. The summed E-state index contributed by atoms with van der Waals surface area (Å²) in [5.41, 5.74) is 4.69. The lowest BCUT2D eigenvalue weighted by Crippen LogP contribution is -2.39. The number of carbonyl (C=O) groups excluding carboxylic acids is 3. The zero-order valence-electron chi connectivity index (χ0n) is 16.8. The van der Waals surface area contributed by atoms with E-state index in [-0.39, 0.29) is 17.4 Å². The Hall–Kier alpha value is -1.73. The van der Waals surface area contributed by atoms with Crippen molar-refractivity contribution in [2.24, 2.45) is 0 Å². The zero-order chi connectivity index (χ0) is 20.0. The highest BCUT2D eigenvalue weighted by atomic mass is 16.5. The molecular formula is C17H37N3O4. The van der Waals surface area contributed by atoms with Gasteiger partial charge in [-0.05, 0) is 33.8 Å². The fourth-order valence-corrected chi connectivity index (χ4v) is 1.27. The van der Waals surface area contributed by atoms with Crippen LogP contribution in [0.5, 0.6) is 0 Å². The Balaban J connectivity index is -0.000000145. The molecule has 0 aromatic rings. The van der Waals surface area contributed by atoms with Crippen molar-refractivity contribution >= 4 is 18.2 Å². The smallest absolute Gasteiger partial charge is 0.249 e. The third kappa shape index (κ3) is 28.4. The van der Waals surface area contributed by atoms with E-state index in [9.17, 15) is 14.4 Å². The maximum absolute atomic E-state index is 11.1. The number of amides is 3. The van der Waals surface area contributed by atoms with E-state index in [0.717, 1.165) is 0 Å². The Morgan fingerprint density at radius 1 is 1.12 bits per heavy atom. The minimum absolute atomic E-state index is 0.0593. The lowest BCUT2D eigenvalue weighted by atomic mass is 10.1. The second kappa shape index (κ2) is 23.5. The molecule has 24 heavy (non-hydrogen) atoms. The second-order valence-electron chi connectivity index (χ2n) is 4.29. The number of rotatable bonds is 7. The summed E-state index contributed by atoms with van der Waals surface area (Å²) in [5, 5.41) is 1.94. The first kappa shape index (κ1) is 30.2. The largest absolute Gasteiger partial charge is 0.375 e. The molecular weight excluding hydrogens is 310 g/mol. The number of imide groups is 1. The molecule has 0 heterocycles. The zero-order valence-corrected chi connectivity index (χ0v) is 16.8. The minimum Gasteiger partial charge on any atom is -0.375 e. The van der Waals surface area contributed by atoms with Gasteiger partial charge in [0, 0.05) is 13.7 Å². The summed E-state index contributed by atoms with van der Waals surface area (Å²) in [4.78, 5) is 30.8. The van der Waals surface area contributed by atoms with Crippen LogP contribution in [0.4, 0.5) is 0 Å². The van der Waals surface area contributed by atoms with Crippen molar-refractivity contribution in [2.75, 3.05) is 13.7 Å². The molecule has 144 valence electrons. The van der Waals surface area contributed by atoms with E-state index in [1.54, 1.807) is 20.0 Å². The summed E-state index contributed by atoms with van der Waals surface area (Å²) >= 11 is 0. The second-order valence-corrected chi connectivity index (χ2v) is 4.29. The van der Waals surface area contributed by atoms with E-state index in [0.29, 0.717) is 19.4 Å². The molecule has 0 unspecified atom stereocenters. The van der Waals surface area contributed by atoms with Crippen LogP contribution in [0, 0.1) is 0 Å².